The minimum Gasteiger partial charge on any atom is -0.445 e. The highest BCUT2D eigenvalue weighted by Gasteiger charge is 2.46. The second kappa shape index (κ2) is 4.27. The molecule has 1 atom stereocenters. The predicted molar refractivity (Wildman–Crippen MR) is 71.5 cm³/mol. The van der Waals surface area contributed by atoms with Gasteiger partial charge in [0.2, 0.25) is 0 Å². The van der Waals surface area contributed by atoms with Gasteiger partial charge in [0.15, 0.2) is 5.54 Å². The average molecular weight is 280 g/mol. The molecule has 1 fully saturated rings. The highest BCUT2D eigenvalue weighted by Crippen LogP contribution is 2.33. The van der Waals surface area contributed by atoms with E-state index in [0.29, 0.717) is 11.5 Å². The van der Waals surface area contributed by atoms with E-state index < -0.39 is 11.6 Å². The van der Waals surface area contributed by atoms with Gasteiger partial charge < -0.3 is 4.74 Å². The highest BCUT2D eigenvalue weighted by atomic mass is 16.6. The first-order chi connectivity index (χ1) is 10.3. The number of cyclic esters (lactones) is 1. The average Bonchev–Trinajstić information content (AvgIpc) is 3.14. The van der Waals surface area contributed by atoms with Crippen LogP contribution in [0.4, 0.5) is 4.79 Å². The maximum atomic E-state index is 11.6. The van der Waals surface area contributed by atoms with Crippen molar-refractivity contribution in [1.29, 1.82) is 0 Å². The quantitative estimate of drug-likeness (QED) is 0.702. The molecule has 21 heavy (non-hydrogen) atoms. The molecule has 0 saturated carbocycles. The summed E-state index contributed by atoms with van der Waals surface area (Å²) in [5.41, 5.74) is 0.541. The first kappa shape index (κ1) is 11.8. The number of nitrogens with zero attached hydrogens (tertiary/aromatic N) is 5. The molecule has 1 aliphatic heterocycles. The fraction of sp³-hybridized carbons (Fsp3) is 0.143. The van der Waals surface area contributed by atoms with E-state index in [1.807, 2.05) is 30.3 Å². The van der Waals surface area contributed by atoms with Crippen molar-refractivity contribution < 1.29 is 9.53 Å². The van der Waals surface area contributed by atoms with Crippen LogP contribution in [0.1, 0.15) is 11.3 Å². The van der Waals surface area contributed by atoms with E-state index in [1.54, 1.807) is 23.0 Å². The van der Waals surface area contributed by atoms with Crippen molar-refractivity contribution in [3.63, 3.8) is 0 Å². The van der Waals surface area contributed by atoms with Crippen LogP contribution in [0.15, 0.2) is 48.9 Å². The van der Waals surface area contributed by atoms with Gasteiger partial charge in [-0.3, -0.25) is 4.40 Å². The minimum atomic E-state index is -0.925. The molecule has 3 heterocycles. The number of amides is 1. The SMILES string of the molecule is O=C1[N]C(c2ccccc2)(c2ccn3cnnc3n2)CO1. The van der Waals surface area contributed by atoms with Crippen molar-refractivity contribution in [2.45, 2.75) is 5.54 Å². The lowest BCUT2D eigenvalue weighted by molar-refractivity contribution is 0.174. The topological polar surface area (TPSA) is 83.5 Å². The van der Waals surface area contributed by atoms with E-state index in [0.717, 1.165) is 5.56 Å². The Morgan fingerprint density at radius 2 is 2.05 bits per heavy atom. The Hall–Kier alpha value is -2.96. The van der Waals surface area contributed by atoms with Crippen LogP contribution in [0.5, 0.6) is 0 Å². The lowest BCUT2D eigenvalue weighted by atomic mass is 9.88. The Kier molecular flexibility index (Phi) is 2.41. The summed E-state index contributed by atoms with van der Waals surface area (Å²) in [6.45, 7) is 0.132. The second-order valence-corrected chi connectivity index (χ2v) is 4.74. The molecule has 7 nitrogen and oxygen atoms in total. The van der Waals surface area contributed by atoms with Crippen LogP contribution in [0, 0.1) is 0 Å². The lowest BCUT2D eigenvalue weighted by Gasteiger charge is -2.24. The molecule has 103 valence electrons. The normalized spacial score (nSPS) is 21.2. The zero-order valence-electron chi connectivity index (χ0n) is 10.9. The summed E-state index contributed by atoms with van der Waals surface area (Å²) in [4.78, 5) is 16.0. The van der Waals surface area contributed by atoms with Gasteiger partial charge in [-0.15, -0.1) is 10.2 Å². The molecule has 7 heteroatoms. The van der Waals surface area contributed by atoms with Crippen LogP contribution >= 0.6 is 0 Å². The fourth-order valence-electron chi connectivity index (χ4n) is 2.48. The van der Waals surface area contributed by atoms with Crippen LogP contribution < -0.4 is 5.32 Å². The van der Waals surface area contributed by atoms with E-state index in [9.17, 15) is 4.79 Å². The zero-order chi connectivity index (χ0) is 14.3. The number of carbonyl (C=O) groups is 1. The third kappa shape index (κ3) is 1.74. The van der Waals surface area contributed by atoms with Crippen LogP contribution in [0.2, 0.25) is 0 Å². The van der Waals surface area contributed by atoms with E-state index in [-0.39, 0.29) is 6.61 Å². The zero-order valence-corrected chi connectivity index (χ0v) is 10.9. The van der Waals surface area contributed by atoms with Gasteiger partial charge in [-0.2, -0.15) is 5.32 Å². The number of aromatic nitrogens is 4. The molecule has 1 radical (unpaired) electrons. The van der Waals surface area contributed by atoms with Crippen molar-refractivity contribution in [2.24, 2.45) is 0 Å². The molecular formula is C14H10N5O2. The van der Waals surface area contributed by atoms with E-state index in [4.69, 9.17) is 4.74 Å². The summed E-state index contributed by atoms with van der Waals surface area (Å²) in [5.74, 6) is 0.456. The third-order valence-electron chi connectivity index (χ3n) is 3.53. The van der Waals surface area contributed by atoms with Gasteiger partial charge >= 0.3 is 6.09 Å². The Balaban J connectivity index is 1.92. The fourth-order valence-corrected chi connectivity index (χ4v) is 2.48. The maximum absolute atomic E-state index is 11.6. The molecule has 0 aliphatic carbocycles. The number of rotatable bonds is 2. The number of benzene rings is 1. The molecule has 2 aromatic heterocycles. The van der Waals surface area contributed by atoms with Gasteiger partial charge in [-0.1, -0.05) is 30.3 Å². The van der Waals surface area contributed by atoms with E-state index >= 15 is 0 Å². The van der Waals surface area contributed by atoms with Gasteiger partial charge in [0.25, 0.3) is 5.78 Å². The molecule has 0 bridgehead atoms. The predicted octanol–water partition coefficient (Wildman–Crippen LogP) is 1.12. The molecule has 1 saturated heterocycles. The van der Waals surface area contributed by atoms with Crippen molar-refractivity contribution in [2.75, 3.05) is 6.61 Å². The number of hydrogen-bond donors (Lipinski definition) is 0. The maximum Gasteiger partial charge on any atom is 0.430 e. The Morgan fingerprint density at radius 3 is 2.81 bits per heavy atom. The molecular weight excluding hydrogens is 270 g/mol. The molecule has 1 aromatic carbocycles. The largest absolute Gasteiger partial charge is 0.445 e. The standard InChI is InChI=1S/C14H10N5O2/c20-13-17-14(8-21-13,10-4-2-1-3-5-10)11-6-7-19-9-15-18-12(19)16-11/h1-7,9H,8H2. The van der Waals surface area contributed by atoms with Gasteiger partial charge in [0, 0.05) is 6.20 Å². The third-order valence-corrected chi connectivity index (χ3v) is 3.53. The summed E-state index contributed by atoms with van der Waals surface area (Å²) in [6.07, 6.45) is 2.78. The summed E-state index contributed by atoms with van der Waals surface area (Å²) < 4.78 is 6.78. The lowest BCUT2D eigenvalue weighted by Crippen LogP contribution is -2.37. The Bertz CT molecular complexity index is 816. The van der Waals surface area contributed by atoms with Crippen LogP contribution in [-0.4, -0.2) is 32.3 Å². The summed E-state index contributed by atoms with van der Waals surface area (Å²) in [6, 6.07) is 11.3. The molecule has 1 unspecified atom stereocenters. The van der Waals surface area contributed by atoms with Gasteiger partial charge in [-0.25, -0.2) is 9.78 Å². The van der Waals surface area contributed by atoms with Crippen molar-refractivity contribution in [3.8, 4) is 0 Å². The van der Waals surface area contributed by atoms with Crippen molar-refractivity contribution in [1.82, 2.24) is 24.9 Å². The second-order valence-electron chi connectivity index (χ2n) is 4.74. The van der Waals surface area contributed by atoms with E-state index in [2.05, 4.69) is 20.5 Å². The first-order valence-electron chi connectivity index (χ1n) is 6.40. The summed E-state index contributed by atoms with van der Waals surface area (Å²) in [5, 5.41) is 11.9. The number of hydrogen-bond acceptors (Lipinski definition) is 5. The van der Waals surface area contributed by atoms with Crippen molar-refractivity contribution in [3.05, 3.63) is 60.2 Å². The molecule has 1 aliphatic rings. The Morgan fingerprint density at radius 1 is 1.19 bits per heavy atom. The monoisotopic (exact) mass is 280 g/mol. The Labute approximate surface area is 119 Å². The van der Waals surface area contributed by atoms with Crippen LogP contribution in [-0.2, 0) is 10.3 Å². The highest BCUT2D eigenvalue weighted by molar-refractivity contribution is 5.72. The smallest absolute Gasteiger partial charge is 0.430 e. The molecule has 4 rings (SSSR count). The number of carbonyl (C=O) groups excluding carboxylic acids is 1. The minimum absolute atomic E-state index is 0.132. The molecule has 0 spiro atoms. The molecule has 0 N–H and O–H groups in total. The van der Waals surface area contributed by atoms with Crippen LogP contribution in [0.3, 0.4) is 0 Å². The number of fused-ring (bicyclic) bond motifs is 1. The summed E-state index contributed by atoms with van der Waals surface area (Å²) >= 11 is 0. The van der Waals surface area contributed by atoms with Gasteiger partial charge in [-0.05, 0) is 11.6 Å². The van der Waals surface area contributed by atoms with Gasteiger partial charge in [0.1, 0.15) is 12.9 Å². The van der Waals surface area contributed by atoms with Crippen LogP contribution in [0.25, 0.3) is 5.78 Å². The summed E-state index contributed by atoms with van der Waals surface area (Å²) in [7, 11) is 0. The van der Waals surface area contributed by atoms with Gasteiger partial charge in [0.05, 0.1) is 5.69 Å². The van der Waals surface area contributed by atoms with E-state index in [1.165, 1.54) is 0 Å². The first-order valence-corrected chi connectivity index (χ1v) is 6.40. The molecule has 3 aromatic rings. The molecule has 1 amide bonds. The van der Waals surface area contributed by atoms with Crippen molar-refractivity contribution >= 4 is 11.9 Å². The number of ether oxygens (including phenoxy) is 1.